The van der Waals surface area contributed by atoms with Crippen LogP contribution < -0.4 is 0 Å². The van der Waals surface area contributed by atoms with E-state index in [1.807, 2.05) is 20.8 Å². The molecule has 14 heavy (non-hydrogen) atoms. The van der Waals surface area contributed by atoms with Gasteiger partial charge in [-0.3, -0.25) is 4.79 Å². The van der Waals surface area contributed by atoms with Crippen LogP contribution in [-0.4, -0.2) is 12.1 Å². The van der Waals surface area contributed by atoms with Gasteiger partial charge in [0.1, 0.15) is 6.10 Å². The lowest BCUT2D eigenvalue weighted by Gasteiger charge is -2.22. The Labute approximate surface area is 88.0 Å². The lowest BCUT2D eigenvalue weighted by Crippen LogP contribution is -2.28. The van der Waals surface area contributed by atoms with Crippen molar-refractivity contribution in [2.75, 3.05) is 0 Å². The molecule has 0 aromatic rings. The van der Waals surface area contributed by atoms with Gasteiger partial charge in [-0.1, -0.05) is 26.7 Å². The molecule has 1 atom stereocenters. The fraction of sp³-hybridized carbons (Fsp3) is 0.917. The topological polar surface area (TPSA) is 26.3 Å². The quantitative estimate of drug-likeness (QED) is 0.634. The summed E-state index contributed by atoms with van der Waals surface area (Å²) in [5.41, 5.74) is -0.375. The zero-order valence-corrected chi connectivity index (χ0v) is 10.2. The minimum absolute atomic E-state index is 0.0829. The molecule has 0 aromatic heterocycles. The van der Waals surface area contributed by atoms with E-state index in [4.69, 9.17) is 4.74 Å². The Kier molecular flexibility index (Phi) is 5.82. The third kappa shape index (κ3) is 5.25. The second kappa shape index (κ2) is 6.05. The van der Waals surface area contributed by atoms with Crippen LogP contribution in [0.3, 0.4) is 0 Å². The average Bonchev–Trinajstić information content (AvgIpc) is 2.10. The van der Waals surface area contributed by atoms with E-state index < -0.39 is 0 Å². The zero-order valence-electron chi connectivity index (χ0n) is 10.2. The minimum atomic E-state index is -0.375. The normalized spacial score (nSPS) is 13.8. The van der Waals surface area contributed by atoms with E-state index in [2.05, 4.69) is 13.8 Å². The number of unbranched alkanes of at least 4 members (excludes halogenated alkanes) is 1. The standard InChI is InChI=1S/C12H24O2/c1-6-8-9-10(7-2)14-11(13)12(3,4)5/h10H,6-9H2,1-5H3. The lowest BCUT2D eigenvalue weighted by atomic mass is 9.97. The van der Waals surface area contributed by atoms with Crippen LogP contribution in [0.4, 0.5) is 0 Å². The molecule has 2 nitrogen and oxygen atoms in total. The van der Waals surface area contributed by atoms with Crippen molar-refractivity contribution in [2.24, 2.45) is 5.41 Å². The molecular weight excluding hydrogens is 176 g/mol. The van der Waals surface area contributed by atoms with Crippen LogP contribution in [0.15, 0.2) is 0 Å². The second-order valence-electron chi connectivity index (χ2n) is 4.83. The van der Waals surface area contributed by atoms with Crippen LogP contribution in [0.2, 0.25) is 0 Å². The number of esters is 1. The zero-order chi connectivity index (χ0) is 11.2. The van der Waals surface area contributed by atoms with Gasteiger partial charge in [0.25, 0.3) is 0 Å². The average molecular weight is 200 g/mol. The first-order valence-corrected chi connectivity index (χ1v) is 5.62. The summed E-state index contributed by atoms with van der Waals surface area (Å²) in [6, 6.07) is 0. The van der Waals surface area contributed by atoms with Crippen LogP contribution in [0.25, 0.3) is 0 Å². The maximum absolute atomic E-state index is 11.6. The highest BCUT2D eigenvalue weighted by Gasteiger charge is 2.25. The predicted molar refractivity (Wildman–Crippen MR) is 59.2 cm³/mol. The van der Waals surface area contributed by atoms with Crippen molar-refractivity contribution in [3.05, 3.63) is 0 Å². The predicted octanol–water partition coefficient (Wildman–Crippen LogP) is 3.54. The van der Waals surface area contributed by atoms with Gasteiger partial charge in [-0.2, -0.15) is 0 Å². The smallest absolute Gasteiger partial charge is 0.311 e. The summed E-state index contributed by atoms with van der Waals surface area (Å²) >= 11 is 0. The maximum Gasteiger partial charge on any atom is 0.311 e. The van der Waals surface area contributed by atoms with Gasteiger partial charge in [-0.15, -0.1) is 0 Å². The van der Waals surface area contributed by atoms with Gasteiger partial charge in [0.15, 0.2) is 0 Å². The van der Waals surface area contributed by atoms with Crippen molar-refractivity contribution < 1.29 is 9.53 Å². The van der Waals surface area contributed by atoms with E-state index in [1.54, 1.807) is 0 Å². The van der Waals surface area contributed by atoms with Crippen LogP contribution in [0.1, 0.15) is 60.3 Å². The number of hydrogen-bond acceptors (Lipinski definition) is 2. The molecule has 0 spiro atoms. The molecule has 0 aromatic carbocycles. The number of carbonyl (C=O) groups excluding carboxylic acids is 1. The molecule has 0 rings (SSSR count). The van der Waals surface area contributed by atoms with E-state index in [0.717, 1.165) is 25.7 Å². The van der Waals surface area contributed by atoms with Gasteiger partial charge >= 0.3 is 5.97 Å². The first-order chi connectivity index (χ1) is 6.41. The monoisotopic (exact) mass is 200 g/mol. The van der Waals surface area contributed by atoms with Crippen LogP contribution >= 0.6 is 0 Å². The van der Waals surface area contributed by atoms with Gasteiger partial charge in [-0.25, -0.2) is 0 Å². The Balaban J connectivity index is 3.99. The van der Waals surface area contributed by atoms with E-state index in [1.165, 1.54) is 0 Å². The summed E-state index contributed by atoms with van der Waals surface area (Å²) in [5.74, 6) is -0.0829. The summed E-state index contributed by atoms with van der Waals surface area (Å²) in [6.07, 6.45) is 4.32. The Hall–Kier alpha value is -0.530. The molecular formula is C12H24O2. The third-order valence-electron chi connectivity index (χ3n) is 2.22. The first-order valence-electron chi connectivity index (χ1n) is 5.62. The van der Waals surface area contributed by atoms with Gasteiger partial charge in [-0.05, 0) is 33.6 Å². The molecule has 0 bridgehead atoms. The minimum Gasteiger partial charge on any atom is -0.462 e. The van der Waals surface area contributed by atoms with Gasteiger partial charge < -0.3 is 4.74 Å². The van der Waals surface area contributed by atoms with Crippen molar-refractivity contribution in [1.82, 2.24) is 0 Å². The van der Waals surface area contributed by atoms with Crippen molar-refractivity contribution in [2.45, 2.75) is 66.4 Å². The number of carbonyl (C=O) groups is 1. The highest BCUT2D eigenvalue weighted by Crippen LogP contribution is 2.19. The number of hydrogen-bond donors (Lipinski definition) is 0. The van der Waals surface area contributed by atoms with Crippen LogP contribution in [0.5, 0.6) is 0 Å². The molecule has 84 valence electrons. The highest BCUT2D eigenvalue weighted by molar-refractivity contribution is 5.75. The summed E-state index contributed by atoms with van der Waals surface area (Å²) in [6.45, 7) is 9.89. The number of rotatable bonds is 5. The summed E-state index contributed by atoms with van der Waals surface area (Å²) < 4.78 is 5.43. The molecule has 0 saturated heterocycles. The SMILES string of the molecule is CCCCC(CC)OC(=O)C(C)(C)C. The third-order valence-corrected chi connectivity index (χ3v) is 2.22. The molecule has 0 radical (unpaired) electrons. The van der Waals surface area contributed by atoms with Crippen molar-refractivity contribution in [3.63, 3.8) is 0 Å². The highest BCUT2D eigenvalue weighted by atomic mass is 16.5. The molecule has 0 aliphatic heterocycles. The van der Waals surface area contributed by atoms with Crippen molar-refractivity contribution >= 4 is 5.97 Å². The molecule has 0 saturated carbocycles. The summed E-state index contributed by atoms with van der Waals surface area (Å²) in [7, 11) is 0. The fourth-order valence-electron chi connectivity index (χ4n) is 1.11. The maximum atomic E-state index is 11.6. The Morgan fingerprint density at radius 2 is 1.86 bits per heavy atom. The molecule has 0 aliphatic rings. The fourth-order valence-corrected chi connectivity index (χ4v) is 1.11. The van der Waals surface area contributed by atoms with E-state index in [9.17, 15) is 4.79 Å². The molecule has 0 heterocycles. The molecule has 0 amide bonds. The van der Waals surface area contributed by atoms with E-state index >= 15 is 0 Å². The Bertz CT molecular complexity index is 168. The Morgan fingerprint density at radius 3 is 2.21 bits per heavy atom. The second-order valence-corrected chi connectivity index (χ2v) is 4.83. The van der Waals surface area contributed by atoms with Crippen molar-refractivity contribution in [3.8, 4) is 0 Å². The molecule has 0 aliphatic carbocycles. The lowest BCUT2D eigenvalue weighted by molar-refractivity contribution is -0.159. The van der Waals surface area contributed by atoms with Gasteiger partial charge in [0, 0.05) is 0 Å². The van der Waals surface area contributed by atoms with Gasteiger partial charge in [0.05, 0.1) is 5.41 Å². The first kappa shape index (κ1) is 13.5. The van der Waals surface area contributed by atoms with E-state index in [-0.39, 0.29) is 17.5 Å². The summed E-state index contributed by atoms with van der Waals surface area (Å²) in [5, 5.41) is 0. The molecule has 0 N–H and O–H groups in total. The largest absolute Gasteiger partial charge is 0.462 e. The van der Waals surface area contributed by atoms with E-state index in [0.29, 0.717) is 0 Å². The Morgan fingerprint density at radius 1 is 1.29 bits per heavy atom. The molecule has 1 unspecified atom stereocenters. The van der Waals surface area contributed by atoms with Crippen molar-refractivity contribution in [1.29, 1.82) is 0 Å². The van der Waals surface area contributed by atoms with Crippen LogP contribution in [0, 0.1) is 5.41 Å². The van der Waals surface area contributed by atoms with Gasteiger partial charge in [0.2, 0.25) is 0 Å². The molecule has 2 heteroatoms. The molecule has 0 fully saturated rings. The van der Waals surface area contributed by atoms with Crippen LogP contribution in [-0.2, 0) is 9.53 Å². The number of ether oxygens (including phenoxy) is 1. The summed E-state index contributed by atoms with van der Waals surface area (Å²) in [4.78, 5) is 11.6.